The molecule has 0 aromatic heterocycles. The Balaban J connectivity index is 2.10. The van der Waals surface area contributed by atoms with Gasteiger partial charge in [0.1, 0.15) is 0 Å². The molecule has 1 fully saturated rings. The van der Waals surface area contributed by atoms with Gasteiger partial charge in [-0.1, -0.05) is 49.6 Å². The van der Waals surface area contributed by atoms with E-state index in [1.54, 1.807) is 0 Å². The Morgan fingerprint density at radius 3 is 2.46 bits per heavy atom. The fourth-order valence-electron chi connectivity index (χ4n) is 4.10. The highest BCUT2D eigenvalue weighted by Gasteiger charge is 2.49. The minimum Gasteiger partial charge on any atom is -0.393 e. The lowest BCUT2D eigenvalue weighted by molar-refractivity contribution is -0.150. The van der Waals surface area contributed by atoms with Gasteiger partial charge in [-0.3, -0.25) is 9.59 Å². The zero-order chi connectivity index (χ0) is 19.2. The molecule has 2 amide bonds. The molecule has 0 aliphatic heterocycles. The molecule has 1 saturated carbocycles. The predicted octanol–water partition coefficient (Wildman–Crippen LogP) is 1.27. The average Bonchev–Trinajstić information content (AvgIpc) is 2.80. The second-order valence-corrected chi connectivity index (χ2v) is 7.41. The van der Waals surface area contributed by atoms with Crippen molar-refractivity contribution in [1.82, 2.24) is 0 Å². The summed E-state index contributed by atoms with van der Waals surface area (Å²) in [4.78, 5) is 24.0. The molecule has 6 N–H and O–H groups in total. The lowest BCUT2D eigenvalue weighted by Crippen LogP contribution is -2.54. The number of nitrogens with two attached hydrogens (primary N) is 2. The maximum Gasteiger partial charge on any atom is 0.223 e. The molecule has 4 atom stereocenters. The Morgan fingerprint density at radius 2 is 1.85 bits per heavy atom. The largest absolute Gasteiger partial charge is 0.393 e. The molecule has 0 radical (unpaired) electrons. The van der Waals surface area contributed by atoms with Crippen molar-refractivity contribution >= 4 is 11.8 Å². The summed E-state index contributed by atoms with van der Waals surface area (Å²) in [6.07, 6.45) is 3.41. The summed E-state index contributed by atoms with van der Waals surface area (Å²) >= 11 is 0. The smallest absolute Gasteiger partial charge is 0.223 e. The van der Waals surface area contributed by atoms with Crippen LogP contribution in [0.4, 0.5) is 0 Å². The molecule has 0 bridgehead atoms. The Kier molecular flexibility index (Phi) is 7.17. The van der Waals surface area contributed by atoms with Crippen molar-refractivity contribution < 1.29 is 19.8 Å². The molecule has 1 aromatic carbocycles. The first-order valence-corrected chi connectivity index (χ1v) is 9.37. The molecule has 0 heterocycles. The molecule has 0 saturated heterocycles. The van der Waals surface area contributed by atoms with E-state index in [2.05, 4.69) is 0 Å². The van der Waals surface area contributed by atoms with E-state index < -0.39 is 35.4 Å². The van der Waals surface area contributed by atoms with Crippen molar-refractivity contribution in [1.29, 1.82) is 0 Å². The van der Waals surface area contributed by atoms with E-state index in [1.807, 2.05) is 30.3 Å². The van der Waals surface area contributed by atoms with Crippen molar-refractivity contribution in [2.24, 2.45) is 23.3 Å². The van der Waals surface area contributed by atoms with E-state index in [-0.39, 0.29) is 6.42 Å². The minimum atomic E-state index is -1.58. The van der Waals surface area contributed by atoms with Gasteiger partial charge < -0.3 is 21.7 Å². The molecule has 1 unspecified atom stereocenters. The molecule has 6 nitrogen and oxygen atoms in total. The molecular formula is C20H30N2O4. The van der Waals surface area contributed by atoms with E-state index >= 15 is 0 Å². The number of benzene rings is 1. The average molecular weight is 362 g/mol. The quantitative estimate of drug-likeness (QED) is 0.519. The number of rotatable bonds is 8. The van der Waals surface area contributed by atoms with Crippen LogP contribution in [-0.2, 0) is 16.0 Å². The second-order valence-electron chi connectivity index (χ2n) is 7.41. The third-order valence-electron chi connectivity index (χ3n) is 5.58. The number of aliphatic hydroxyl groups excluding tert-OH is 1. The summed E-state index contributed by atoms with van der Waals surface area (Å²) in [5, 5.41) is 21.7. The maximum atomic E-state index is 12.1. The molecule has 0 spiro atoms. The van der Waals surface area contributed by atoms with Crippen LogP contribution in [0.5, 0.6) is 0 Å². The summed E-state index contributed by atoms with van der Waals surface area (Å²) in [6, 6.07) is 9.73. The first-order valence-electron chi connectivity index (χ1n) is 9.37. The van der Waals surface area contributed by atoms with Gasteiger partial charge in [0.25, 0.3) is 0 Å². The molecule has 26 heavy (non-hydrogen) atoms. The zero-order valence-electron chi connectivity index (χ0n) is 15.1. The summed E-state index contributed by atoms with van der Waals surface area (Å²) in [5.74, 6) is -3.12. The number of hydrogen-bond acceptors (Lipinski definition) is 4. The Hall–Kier alpha value is -1.92. The maximum absolute atomic E-state index is 12.1. The topological polar surface area (TPSA) is 127 Å². The zero-order valence-corrected chi connectivity index (χ0v) is 15.1. The van der Waals surface area contributed by atoms with Crippen molar-refractivity contribution in [3.8, 4) is 0 Å². The van der Waals surface area contributed by atoms with Gasteiger partial charge in [0.2, 0.25) is 11.8 Å². The number of amides is 2. The lowest BCUT2D eigenvalue weighted by Gasteiger charge is -2.39. The van der Waals surface area contributed by atoms with Crippen LogP contribution in [0.1, 0.15) is 50.5 Å². The van der Waals surface area contributed by atoms with Gasteiger partial charge in [-0.05, 0) is 37.7 Å². The standard InChI is InChI=1S/C20H30N2O4/c21-18(24)16-9-5-2-6-12-20(16,26)17(19(22)25)13-15(23)11-10-14-7-3-1-4-8-14/h1,3-4,7-8,15-17,23,26H,2,5-6,9-13H2,(H2,21,24)(H2,22,25)/t15-,16?,17+,20-/m0/s1. The molecule has 144 valence electrons. The Bertz CT molecular complexity index is 607. The Morgan fingerprint density at radius 1 is 1.15 bits per heavy atom. The van der Waals surface area contributed by atoms with E-state index in [0.29, 0.717) is 32.1 Å². The number of aryl methyl sites for hydroxylation is 1. The van der Waals surface area contributed by atoms with Crippen LogP contribution in [-0.4, -0.2) is 33.7 Å². The molecule has 6 heteroatoms. The highest BCUT2D eigenvalue weighted by Crippen LogP contribution is 2.40. The summed E-state index contributed by atoms with van der Waals surface area (Å²) in [6.45, 7) is 0. The van der Waals surface area contributed by atoms with Crippen molar-refractivity contribution in [3.63, 3.8) is 0 Å². The van der Waals surface area contributed by atoms with E-state index in [9.17, 15) is 19.8 Å². The monoisotopic (exact) mass is 362 g/mol. The van der Waals surface area contributed by atoms with Crippen LogP contribution in [0.15, 0.2) is 30.3 Å². The van der Waals surface area contributed by atoms with Crippen molar-refractivity contribution in [2.45, 2.75) is 63.1 Å². The summed E-state index contributed by atoms with van der Waals surface area (Å²) in [5.41, 5.74) is 10.6. The molecule has 2 rings (SSSR count). The third-order valence-corrected chi connectivity index (χ3v) is 5.58. The van der Waals surface area contributed by atoms with E-state index in [4.69, 9.17) is 11.5 Å². The second kappa shape index (κ2) is 9.14. The number of primary amides is 2. The number of hydrogen-bond donors (Lipinski definition) is 4. The van der Waals surface area contributed by atoms with Crippen LogP contribution in [0.3, 0.4) is 0 Å². The molecular weight excluding hydrogens is 332 g/mol. The van der Waals surface area contributed by atoms with Gasteiger partial charge in [-0.25, -0.2) is 0 Å². The lowest BCUT2D eigenvalue weighted by atomic mass is 9.70. The van der Waals surface area contributed by atoms with Crippen LogP contribution < -0.4 is 11.5 Å². The minimum absolute atomic E-state index is 0.0302. The Labute approximate surface area is 154 Å². The highest BCUT2D eigenvalue weighted by molar-refractivity contribution is 5.82. The molecule has 1 aromatic rings. The molecule has 1 aliphatic rings. The summed E-state index contributed by atoms with van der Waals surface area (Å²) in [7, 11) is 0. The number of carbonyl (C=O) groups is 2. The van der Waals surface area contributed by atoms with Gasteiger partial charge in [0.05, 0.1) is 23.5 Å². The van der Waals surface area contributed by atoms with Gasteiger partial charge in [-0.2, -0.15) is 0 Å². The van der Waals surface area contributed by atoms with E-state index in [0.717, 1.165) is 18.4 Å². The predicted molar refractivity (Wildman–Crippen MR) is 98.8 cm³/mol. The van der Waals surface area contributed by atoms with Crippen molar-refractivity contribution in [3.05, 3.63) is 35.9 Å². The SMILES string of the molecule is NC(=O)C1CCCCC[C@@]1(O)[C@H](C[C@@H](O)CCc1ccccc1)C(N)=O. The number of aliphatic hydroxyl groups is 2. The van der Waals surface area contributed by atoms with Crippen LogP contribution in [0.2, 0.25) is 0 Å². The normalized spacial score (nSPS) is 25.8. The fourth-order valence-corrected chi connectivity index (χ4v) is 4.10. The first-order chi connectivity index (χ1) is 12.3. The van der Waals surface area contributed by atoms with Gasteiger partial charge in [-0.15, -0.1) is 0 Å². The van der Waals surface area contributed by atoms with E-state index in [1.165, 1.54) is 0 Å². The number of carbonyl (C=O) groups excluding carboxylic acids is 2. The van der Waals surface area contributed by atoms with Crippen LogP contribution >= 0.6 is 0 Å². The third kappa shape index (κ3) is 5.05. The fraction of sp³-hybridized carbons (Fsp3) is 0.600. The highest BCUT2D eigenvalue weighted by atomic mass is 16.3. The van der Waals surface area contributed by atoms with Crippen molar-refractivity contribution in [2.75, 3.05) is 0 Å². The summed E-state index contributed by atoms with van der Waals surface area (Å²) < 4.78 is 0. The van der Waals surface area contributed by atoms with Crippen LogP contribution in [0.25, 0.3) is 0 Å². The van der Waals surface area contributed by atoms with Gasteiger partial charge >= 0.3 is 0 Å². The van der Waals surface area contributed by atoms with Gasteiger partial charge in [0, 0.05) is 0 Å². The van der Waals surface area contributed by atoms with Crippen LogP contribution in [0, 0.1) is 11.8 Å². The molecule has 1 aliphatic carbocycles. The van der Waals surface area contributed by atoms with Gasteiger partial charge in [0.15, 0.2) is 0 Å². The first kappa shape index (κ1) is 20.4.